The first-order chi connectivity index (χ1) is 9.81. The van der Waals surface area contributed by atoms with Gasteiger partial charge in [-0.05, 0) is 61.9 Å². The van der Waals surface area contributed by atoms with Crippen LogP contribution in [0.2, 0.25) is 0 Å². The monoisotopic (exact) mass is 285 g/mol. The van der Waals surface area contributed by atoms with E-state index in [9.17, 15) is 0 Å². The highest BCUT2D eigenvalue weighted by Crippen LogP contribution is 2.37. The average molecular weight is 285 g/mol. The van der Waals surface area contributed by atoms with E-state index in [1.165, 1.54) is 35.3 Å². The summed E-state index contributed by atoms with van der Waals surface area (Å²) in [6.07, 6.45) is 4.89. The molecule has 0 saturated heterocycles. The molecule has 106 valence electrons. The zero-order valence-electron chi connectivity index (χ0n) is 12.4. The van der Waals surface area contributed by atoms with Gasteiger partial charge in [0, 0.05) is 15.8 Å². The first kappa shape index (κ1) is 13.8. The molecule has 2 aromatic rings. The third kappa shape index (κ3) is 2.68. The zero-order valence-corrected chi connectivity index (χ0v) is 13.2. The Kier molecular flexibility index (Phi) is 4.23. The average Bonchev–Trinajstić information content (AvgIpc) is 2.95. The summed E-state index contributed by atoms with van der Waals surface area (Å²) in [7, 11) is 2.10. The minimum absolute atomic E-state index is 0.507. The van der Waals surface area contributed by atoms with Gasteiger partial charge in [-0.3, -0.25) is 0 Å². The van der Waals surface area contributed by atoms with Crippen molar-refractivity contribution in [1.82, 2.24) is 5.32 Å². The van der Waals surface area contributed by atoms with Crippen LogP contribution in [0.5, 0.6) is 0 Å². The molecule has 1 aromatic heterocycles. The number of nitrogens with one attached hydrogen (secondary N) is 1. The number of benzene rings is 1. The number of rotatable bonds is 4. The van der Waals surface area contributed by atoms with E-state index >= 15 is 0 Å². The van der Waals surface area contributed by atoms with E-state index < -0.39 is 0 Å². The van der Waals surface area contributed by atoms with Crippen molar-refractivity contribution in [2.75, 3.05) is 7.05 Å². The summed E-state index contributed by atoms with van der Waals surface area (Å²) < 4.78 is 0. The molecule has 1 nitrogen and oxygen atoms in total. The number of hydrogen-bond acceptors (Lipinski definition) is 2. The van der Waals surface area contributed by atoms with Gasteiger partial charge in [0.25, 0.3) is 0 Å². The van der Waals surface area contributed by atoms with E-state index in [4.69, 9.17) is 0 Å². The lowest BCUT2D eigenvalue weighted by Gasteiger charge is -2.33. The fraction of sp³-hybridized carbons (Fsp3) is 0.444. The van der Waals surface area contributed by atoms with Crippen LogP contribution in [0.25, 0.3) is 0 Å². The highest BCUT2D eigenvalue weighted by molar-refractivity contribution is 7.11. The molecule has 2 unspecified atom stereocenters. The second-order valence-corrected chi connectivity index (χ2v) is 6.94. The van der Waals surface area contributed by atoms with Crippen molar-refractivity contribution < 1.29 is 0 Å². The van der Waals surface area contributed by atoms with Crippen LogP contribution < -0.4 is 5.32 Å². The Morgan fingerprint density at radius 3 is 2.70 bits per heavy atom. The van der Waals surface area contributed by atoms with Crippen molar-refractivity contribution in [3.8, 4) is 0 Å². The molecule has 1 N–H and O–H groups in total. The van der Waals surface area contributed by atoms with Crippen LogP contribution in [0.15, 0.2) is 36.4 Å². The van der Waals surface area contributed by atoms with E-state index in [0.717, 1.165) is 12.3 Å². The van der Waals surface area contributed by atoms with Gasteiger partial charge in [0.2, 0.25) is 0 Å². The highest BCUT2D eigenvalue weighted by Gasteiger charge is 2.28. The van der Waals surface area contributed by atoms with Crippen molar-refractivity contribution in [3.63, 3.8) is 0 Å². The van der Waals surface area contributed by atoms with Crippen molar-refractivity contribution in [2.45, 2.75) is 38.6 Å². The summed E-state index contributed by atoms with van der Waals surface area (Å²) in [5.41, 5.74) is 3.04. The summed E-state index contributed by atoms with van der Waals surface area (Å²) in [5, 5.41) is 3.56. The van der Waals surface area contributed by atoms with Crippen LogP contribution in [0, 0.1) is 5.92 Å². The molecule has 1 aliphatic rings. The van der Waals surface area contributed by atoms with Crippen molar-refractivity contribution >= 4 is 11.3 Å². The maximum Gasteiger partial charge on any atom is 0.0352 e. The van der Waals surface area contributed by atoms with Crippen molar-refractivity contribution in [3.05, 3.63) is 57.3 Å². The van der Waals surface area contributed by atoms with Gasteiger partial charge >= 0.3 is 0 Å². The highest BCUT2D eigenvalue weighted by atomic mass is 32.1. The molecule has 0 amide bonds. The van der Waals surface area contributed by atoms with Crippen LogP contribution in [-0.4, -0.2) is 7.05 Å². The first-order valence-electron chi connectivity index (χ1n) is 7.64. The maximum atomic E-state index is 3.56. The summed E-state index contributed by atoms with van der Waals surface area (Å²) in [5.74, 6) is 0.721. The fourth-order valence-corrected chi connectivity index (χ4v) is 4.47. The summed E-state index contributed by atoms with van der Waals surface area (Å²) >= 11 is 1.99. The molecule has 2 atom stereocenters. The minimum Gasteiger partial charge on any atom is -0.313 e. The molecule has 1 aromatic carbocycles. The van der Waals surface area contributed by atoms with Crippen LogP contribution in [-0.2, 0) is 19.3 Å². The lowest BCUT2D eigenvalue weighted by Crippen LogP contribution is -2.31. The van der Waals surface area contributed by atoms with Crippen LogP contribution >= 0.6 is 11.3 Å². The van der Waals surface area contributed by atoms with E-state index in [1.807, 2.05) is 11.3 Å². The molecule has 0 spiro atoms. The van der Waals surface area contributed by atoms with Gasteiger partial charge in [-0.2, -0.15) is 0 Å². The molecule has 0 saturated carbocycles. The summed E-state index contributed by atoms with van der Waals surface area (Å²) in [4.78, 5) is 3.06. The predicted octanol–water partition coefficient (Wildman–Crippen LogP) is 4.38. The van der Waals surface area contributed by atoms with Gasteiger partial charge in [-0.25, -0.2) is 0 Å². The normalized spacial score (nSPS) is 21.7. The van der Waals surface area contributed by atoms with Crippen molar-refractivity contribution in [1.29, 1.82) is 0 Å². The van der Waals surface area contributed by atoms with Gasteiger partial charge in [-0.1, -0.05) is 31.2 Å². The Labute approximate surface area is 126 Å². The van der Waals surface area contributed by atoms with Crippen LogP contribution in [0.3, 0.4) is 0 Å². The second kappa shape index (κ2) is 6.11. The molecule has 1 aliphatic carbocycles. The number of hydrogen-bond donors (Lipinski definition) is 1. The van der Waals surface area contributed by atoms with E-state index in [2.05, 4.69) is 55.7 Å². The molecule has 0 fully saturated rings. The molecule has 0 aliphatic heterocycles. The molecule has 0 radical (unpaired) electrons. The third-order valence-corrected chi connectivity index (χ3v) is 5.74. The van der Waals surface area contributed by atoms with E-state index in [1.54, 1.807) is 4.88 Å². The van der Waals surface area contributed by atoms with Gasteiger partial charge in [-0.15, -0.1) is 11.3 Å². The van der Waals surface area contributed by atoms with Gasteiger partial charge in [0.05, 0.1) is 0 Å². The molecule has 2 heteroatoms. The van der Waals surface area contributed by atoms with E-state index in [-0.39, 0.29) is 0 Å². The van der Waals surface area contributed by atoms with Gasteiger partial charge in [0.1, 0.15) is 0 Å². The third-order valence-electron chi connectivity index (χ3n) is 4.49. The second-order valence-electron chi connectivity index (χ2n) is 5.69. The van der Waals surface area contributed by atoms with E-state index in [0.29, 0.717) is 6.04 Å². The summed E-state index contributed by atoms with van der Waals surface area (Å²) in [6, 6.07) is 14.1. The lowest BCUT2D eigenvalue weighted by atomic mass is 9.78. The van der Waals surface area contributed by atoms with Crippen LogP contribution in [0.4, 0.5) is 0 Å². The van der Waals surface area contributed by atoms with Gasteiger partial charge in [0.15, 0.2) is 0 Å². The molecule has 20 heavy (non-hydrogen) atoms. The Balaban J connectivity index is 1.80. The SMILES string of the molecule is CCc1ccc(CC2CCc3ccccc3C2NC)s1. The Bertz CT molecular complexity index is 572. The first-order valence-corrected chi connectivity index (χ1v) is 8.46. The topological polar surface area (TPSA) is 12.0 Å². The Morgan fingerprint density at radius 1 is 1.15 bits per heavy atom. The summed E-state index contributed by atoms with van der Waals surface area (Å²) in [6.45, 7) is 2.24. The number of fused-ring (bicyclic) bond motifs is 1. The van der Waals surface area contributed by atoms with Crippen LogP contribution in [0.1, 0.15) is 40.3 Å². The smallest absolute Gasteiger partial charge is 0.0352 e. The van der Waals surface area contributed by atoms with Gasteiger partial charge < -0.3 is 5.32 Å². The van der Waals surface area contributed by atoms with Crippen molar-refractivity contribution in [2.24, 2.45) is 5.92 Å². The minimum atomic E-state index is 0.507. The molecule has 1 heterocycles. The molecular weight excluding hydrogens is 262 g/mol. The number of aryl methyl sites for hydroxylation is 2. The molecular formula is C18H23NS. The predicted molar refractivity (Wildman–Crippen MR) is 87.5 cm³/mol. The largest absolute Gasteiger partial charge is 0.313 e. The number of thiophene rings is 1. The fourth-order valence-electron chi connectivity index (χ4n) is 3.42. The standard InChI is InChI=1S/C18H23NS/c1-3-15-10-11-16(20-15)12-14-9-8-13-6-4-5-7-17(13)18(14)19-2/h4-7,10-11,14,18-19H,3,8-9,12H2,1-2H3. The maximum absolute atomic E-state index is 3.56. The molecule has 3 rings (SSSR count). The molecule has 0 bridgehead atoms. The Hall–Kier alpha value is -1.12. The zero-order chi connectivity index (χ0) is 13.9. The lowest BCUT2D eigenvalue weighted by molar-refractivity contribution is 0.336. The Morgan fingerprint density at radius 2 is 1.95 bits per heavy atom. The quantitative estimate of drug-likeness (QED) is 0.879.